The van der Waals surface area contributed by atoms with E-state index >= 15 is 0 Å². The predicted molar refractivity (Wildman–Crippen MR) is 103 cm³/mol. The number of nitrogens with zero attached hydrogens (tertiary/aromatic N) is 3. The number of ether oxygens (including phenoxy) is 1. The second kappa shape index (κ2) is 6.12. The largest absolute Gasteiger partial charge is 0.466 e. The first-order valence-corrected chi connectivity index (χ1v) is 10.00. The van der Waals surface area contributed by atoms with E-state index in [4.69, 9.17) is 14.3 Å². The Bertz CT molecular complexity index is 917. The smallest absolute Gasteiger partial charge is 0.219 e. The number of halogens is 1. The van der Waals surface area contributed by atoms with Crippen LogP contribution >= 0.6 is 15.9 Å². The minimum Gasteiger partial charge on any atom is -0.466 e. The Morgan fingerprint density at radius 3 is 2.81 bits per heavy atom. The Balaban J connectivity index is 1.56. The number of carbonyl (C=O) groups excluding carboxylic acids is 1. The molecule has 3 aliphatic heterocycles. The number of hydrogen-bond donors (Lipinski definition) is 0. The van der Waals surface area contributed by atoms with Gasteiger partial charge in [0.25, 0.3) is 0 Å². The number of hydrazone groups is 1. The Morgan fingerprint density at radius 1 is 1.30 bits per heavy atom. The molecule has 0 radical (unpaired) electrons. The molecular formula is C20H20BrN3O3. The van der Waals surface area contributed by atoms with E-state index < -0.39 is 5.72 Å². The summed E-state index contributed by atoms with van der Waals surface area (Å²) in [5.74, 6) is 1.83. The number of carbonyl (C=O) groups is 1. The topological polar surface area (TPSA) is 58.3 Å². The Labute approximate surface area is 165 Å². The molecule has 0 N–H and O–H groups in total. The lowest BCUT2D eigenvalue weighted by Crippen LogP contribution is -2.59. The normalized spacial score (nSPS) is 22.9. The number of furan rings is 1. The number of hydrogen-bond acceptors (Lipinski definition) is 5. The fourth-order valence-corrected chi connectivity index (χ4v) is 4.72. The van der Waals surface area contributed by atoms with Crippen molar-refractivity contribution in [3.05, 3.63) is 52.4 Å². The first-order chi connectivity index (χ1) is 13.1. The molecule has 0 aliphatic carbocycles. The van der Waals surface area contributed by atoms with E-state index in [0.717, 1.165) is 46.5 Å². The van der Waals surface area contributed by atoms with Gasteiger partial charge >= 0.3 is 0 Å². The number of rotatable bonds is 1. The van der Waals surface area contributed by atoms with Gasteiger partial charge in [-0.3, -0.25) is 4.79 Å². The van der Waals surface area contributed by atoms with Gasteiger partial charge in [0.15, 0.2) is 0 Å². The number of benzene rings is 1. The van der Waals surface area contributed by atoms with E-state index in [-0.39, 0.29) is 11.9 Å². The maximum Gasteiger partial charge on any atom is 0.219 e. The Kier molecular flexibility index (Phi) is 3.82. The number of fused-ring (bicyclic) bond motifs is 4. The summed E-state index contributed by atoms with van der Waals surface area (Å²) in [6.07, 6.45) is 3.91. The van der Waals surface area contributed by atoms with Crippen LogP contribution in [0.1, 0.15) is 43.6 Å². The lowest BCUT2D eigenvalue weighted by Gasteiger charge is -2.51. The minimum absolute atomic E-state index is 0.107. The van der Waals surface area contributed by atoms with Crippen LogP contribution in [0.15, 0.2) is 50.6 Å². The minimum atomic E-state index is -0.522. The third-order valence-electron chi connectivity index (χ3n) is 5.75. The maximum atomic E-state index is 11.8. The highest BCUT2D eigenvalue weighted by molar-refractivity contribution is 9.10. The van der Waals surface area contributed by atoms with Gasteiger partial charge in [0, 0.05) is 49.3 Å². The first-order valence-electron chi connectivity index (χ1n) is 9.20. The molecule has 1 fully saturated rings. The molecule has 5 rings (SSSR count). The van der Waals surface area contributed by atoms with Gasteiger partial charge < -0.3 is 14.1 Å². The molecular weight excluding hydrogens is 410 g/mol. The van der Waals surface area contributed by atoms with Crippen LogP contribution in [0.3, 0.4) is 0 Å². The van der Waals surface area contributed by atoms with Crippen molar-refractivity contribution >= 4 is 27.5 Å². The summed E-state index contributed by atoms with van der Waals surface area (Å²) in [6.45, 7) is 2.98. The third kappa shape index (κ3) is 2.67. The molecule has 2 aromatic rings. The fourth-order valence-electron chi connectivity index (χ4n) is 4.35. The van der Waals surface area contributed by atoms with Crippen LogP contribution in [0.25, 0.3) is 0 Å². The van der Waals surface area contributed by atoms with Crippen LogP contribution < -0.4 is 4.74 Å². The molecule has 1 amide bonds. The van der Waals surface area contributed by atoms with Crippen molar-refractivity contribution in [2.45, 2.75) is 38.0 Å². The number of amides is 1. The lowest BCUT2D eigenvalue weighted by atomic mass is 9.91. The van der Waals surface area contributed by atoms with E-state index in [2.05, 4.69) is 27.0 Å². The average molecular weight is 430 g/mol. The van der Waals surface area contributed by atoms with Crippen molar-refractivity contribution in [1.29, 1.82) is 0 Å². The molecule has 4 heterocycles. The summed E-state index contributed by atoms with van der Waals surface area (Å²) in [4.78, 5) is 13.7. The van der Waals surface area contributed by atoms with E-state index in [9.17, 15) is 4.79 Å². The summed E-state index contributed by atoms with van der Waals surface area (Å²) in [6, 6.07) is 10.1. The van der Waals surface area contributed by atoms with Crippen molar-refractivity contribution in [2.75, 3.05) is 13.1 Å². The Hall–Kier alpha value is -2.28. The zero-order valence-electron chi connectivity index (χ0n) is 15.0. The van der Waals surface area contributed by atoms with Crippen LogP contribution in [-0.2, 0) is 4.79 Å². The highest BCUT2D eigenvalue weighted by Crippen LogP contribution is 2.50. The van der Waals surface area contributed by atoms with E-state index in [1.165, 1.54) is 0 Å². The Morgan fingerprint density at radius 2 is 2.11 bits per heavy atom. The quantitative estimate of drug-likeness (QED) is 0.688. The van der Waals surface area contributed by atoms with Gasteiger partial charge in [0.1, 0.15) is 17.2 Å². The molecule has 1 saturated heterocycles. The summed E-state index contributed by atoms with van der Waals surface area (Å²) >= 11 is 3.58. The van der Waals surface area contributed by atoms with Gasteiger partial charge in [0.05, 0.1) is 12.3 Å². The second-order valence-corrected chi connectivity index (χ2v) is 8.24. The van der Waals surface area contributed by atoms with Gasteiger partial charge in [-0.05, 0) is 30.3 Å². The van der Waals surface area contributed by atoms with Crippen LogP contribution in [0.2, 0.25) is 0 Å². The van der Waals surface area contributed by atoms with Crippen LogP contribution in [0, 0.1) is 0 Å². The summed E-state index contributed by atoms with van der Waals surface area (Å²) in [7, 11) is 0. The molecule has 0 unspecified atom stereocenters. The molecule has 0 bridgehead atoms. The van der Waals surface area contributed by atoms with Gasteiger partial charge in [0.2, 0.25) is 11.6 Å². The average Bonchev–Trinajstić information content (AvgIpc) is 3.33. The molecule has 0 saturated carbocycles. The highest BCUT2D eigenvalue weighted by Gasteiger charge is 2.52. The summed E-state index contributed by atoms with van der Waals surface area (Å²) < 4.78 is 13.2. The van der Waals surface area contributed by atoms with Gasteiger partial charge in [-0.25, -0.2) is 5.01 Å². The SMILES string of the molecule is CC(=O)N1CCC2(CC1)Oc1ccc(Br)cc1[C@@H]1CC(c3ccco3)=NN12. The molecule has 1 spiro atoms. The van der Waals surface area contributed by atoms with Crippen molar-refractivity contribution < 1.29 is 13.9 Å². The molecule has 1 aromatic heterocycles. The van der Waals surface area contributed by atoms with Crippen molar-refractivity contribution in [3.63, 3.8) is 0 Å². The van der Waals surface area contributed by atoms with Gasteiger partial charge in [-0.2, -0.15) is 5.10 Å². The molecule has 1 aromatic carbocycles. The fraction of sp³-hybridized carbons (Fsp3) is 0.400. The van der Waals surface area contributed by atoms with Crippen molar-refractivity contribution in [2.24, 2.45) is 5.10 Å². The molecule has 3 aliphatic rings. The van der Waals surface area contributed by atoms with Crippen LogP contribution in [-0.4, -0.2) is 40.3 Å². The molecule has 140 valence electrons. The highest BCUT2D eigenvalue weighted by atomic mass is 79.9. The van der Waals surface area contributed by atoms with E-state index in [0.29, 0.717) is 13.1 Å². The van der Waals surface area contributed by atoms with E-state index in [1.54, 1.807) is 13.2 Å². The number of piperidine rings is 1. The zero-order chi connectivity index (χ0) is 18.6. The van der Waals surface area contributed by atoms with Crippen LogP contribution in [0.5, 0.6) is 5.75 Å². The molecule has 1 atom stereocenters. The summed E-state index contributed by atoms with van der Waals surface area (Å²) in [5.41, 5.74) is 1.55. The maximum absolute atomic E-state index is 11.8. The van der Waals surface area contributed by atoms with Crippen molar-refractivity contribution in [3.8, 4) is 5.75 Å². The molecule has 27 heavy (non-hydrogen) atoms. The predicted octanol–water partition coefficient (Wildman–Crippen LogP) is 3.92. The second-order valence-electron chi connectivity index (χ2n) is 7.32. The zero-order valence-corrected chi connectivity index (χ0v) is 16.6. The first kappa shape index (κ1) is 16.9. The molecule has 6 nitrogen and oxygen atoms in total. The monoisotopic (exact) mass is 429 g/mol. The van der Waals surface area contributed by atoms with Crippen LogP contribution in [0.4, 0.5) is 0 Å². The molecule has 7 heteroatoms. The standard InChI is InChI=1S/C20H20BrN3O3/c1-13(25)23-8-6-20(7-9-23)24-17(12-16(22-24)19-3-2-10-26-19)15-11-14(21)4-5-18(15)27-20/h2-5,10-11,17H,6-9,12H2,1H3/t17-/m0/s1. The van der Waals surface area contributed by atoms with E-state index in [1.807, 2.05) is 29.2 Å². The third-order valence-corrected chi connectivity index (χ3v) is 6.25. The number of likely N-dealkylation sites (tertiary alicyclic amines) is 1. The van der Waals surface area contributed by atoms with Gasteiger partial charge in [-0.15, -0.1) is 0 Å². The van der Waals surface area contributed by atoms with Gasteiger partial charge in [-0.1, -0.05) is 15.9 Å². The summed E-state index contributed by atoms with van der Waals surface area (Å²) in [5, 5.41) is 7.06. The lowest BCUT2D eigenvalue weighted by molar-refractivity contribution is -0.158. The van der Waals surface area contributed by atoms with Crippen molar-refractivity contribution in [1.82, 2.24) is 9.91 Å².